The van der Waals surface area contributed by atoms with E-state index in [1.807, 2.05) is 20.8 Å². The van der Waals surface area contributed by atoms with Gasteiger partial charge in [0.05, 0.1) is 0 Å². The summed E-state index contributed by atoms with van der Waals surface area (Å²) < 4.78 is 40.5. The molecule has 0 amide bonds. The van der Waals surface area contributed by atoms with E-state index in [-0.39, 0.29) is 16.6 Å². The second-order valence-electron chi connectivity index (χ2n) is 4.92. The first kappa shape index (κ1) is 16.9. The predicted molar refractivity (Wildman–Crippen MR) is 79.4 cm³/mol. The van der Waals surface area contributed by atoms with Gasteiger partial charge in [-0.25, -0.2) is 12.8 Å². The fourth-order valence-electron chi connectivity index (χ4n) is 1.94. The lowest BCUT2D eigenvalue weighted by atomic mass is 10.2. The summed E-state index contributed by atoms with van der Waals surface area (Å²) in [6.07, 6.45) is 2.29. The fourth-order valence-corrected chi connectivity index (χ4v) is 3.78. The number of hydrogen-bond donors (Lipinski definition) is 1. The SMILES string of the molecule is CCCCN(C(C)CC)S(=O)(=O)c1cc(N)ccc1F. The normalized spacial score (nSPS) is 13.7. The van der Waals surface area contributed by atoms with Gasteiger partial charge in [0.2, 0.25) is 10.0 Å². The molecule has 0 spiro atoms. The summed E-state index contributed by atoms with van der Waals surface area (Å²) in [7, 11) is -3.86. The molecule has 20 heavy (non-hydrogen) atoms. The Morgan fingerprint density at radius 2 is 2.00 bits per heavy atom. The summed E-state index contributed by atoms with van der Waals surface area (Å²) >= 11 is 0. The second-order valence-corrected chi connectivity index (χ2v) is 6.78. The first-order valence-electron chi connectivity index (χ1n) is 6.91. The smallest absolute Gasteiger partial charge is 0.246 e. The van der Waals surface area contributed by atoms with Crippen LogP contribution >= 0.6 is 0 Å². The molecule has 1 atom stereocenters. The van der Waals surface area contributed by atoms with Gasteiger partial charge in [-0.1, -0.05) is 20.3 Å². The van der Waals surface area contributed by atoms with Crippen molar-refractivity contribution in [2.45, 2.75) is 51.0 Å². The van der Waals surface area contributed by atoms with Gasteiger partial charge in [0.1, 0.15) is 10.7 Å². The zero-order chi connectivity index (χ0) is 15.3. The van der Waals surface area contributed by atoms with Crippen molar-refractivity contribution in [3.05, 3.63) is 24.0 Å². The number of nitrogens with zero attached hydrogens (tertiary/aromatic N) is 1. The van der Waals surface area contributed by atoms with Crippen molar-refractivity contribution in [3.63, 3.8) is 0 Å². The number of unbranched alkanes of at least 4 members (excludes halogenated alkanes) is 1. The lowest BCUT2D eigenvalue weighted by molar-refractivity contribution is 0.323. The highest BCUT2D eigenvalue weighted by Gasteiger charge is 2.30. The molecule has 0 aliphatic rings. The van der Waals surface area contributed by atoms with E-state index in [1.54, 1.807) is 0 Å². The molecule has 0 bridgehead atoms. The monoisotopic (exact) mass is 302 g/mol. The average molecular weight is 302 g/mol. The zero-order valence-electron chi connectivity index (χ0n) is 12.3. The quantitative estimate of drug-likeness (QED) is 0.788. The van der Waals surface area contributed by atoms with Crippen LogP contribution in [-0.4, -0.2) is 25.3 Å². The number of nitrogens with two attached hydrogens (primary N) is 1. The van der Waals surface area contributed by atoms with E-state index < -0.39 is 15.8 Å². The van der Waals surface area contributed by atoms with E-state index in [0.29, 0.717) is 13.0 Å². The molecule has 0 aliphatic heterocycles. The summed E-state index contributed by atoms with van der Waals surface area (Å²) in [6.45, 7) is 6.12. The molecule has 1 aromatic carbocycles. The van der Waals surface area contributed by atoms with Crippen LogP contribution in [0.3, 0.4) is 0 Å². The maximum absolute atomic E-state index is 13.9. The molecule has 0 radical (unpaired) electrons. The highest BCUT2D eigenvalue weighted by atomic mass is 32.2. The Bertz CT molecular complexity index is 546. The zero-order valence-corrected chi connectivity index (χ0v) is 13.1. The van der Waals surface area contributed by atoms with Crippen LogP contribution in [0.1, 0.15) is 40.0 Å². The number of nitrogen functional groups attached to an aromatic ring is 1. The number of anilines is 1. The van der Waals surface area contributed by atoms with Gasteiger partial charge in [0.15, 0.2) is 0 Å². The molecule has 114 valence electrons. The summed E-state index contributed by atoms with van der Waals surface area (Å²) in [5.74, 6) is -0.760. The minimum absolute atomic E-state index is 0.174. The van der Waals surface area contributed by atoms with Crippen molar-refractivity contribution in [2.24, 2.45) is 0 Å². The van der Waals surface area contributed by atoms with Crippen LogP contribution in [0.25, 0.3) is 0 Å². The van der Waals surface area contributed by atoms with E-state index in [2.05, 4.69) is 0 Å². The van der Waals surface area contributed by atoms with E-state index in [9.17, 15) is 12.8 Å². The van der Waals surface area contributed by atoms with Gasteiger partial charge in [-0.2, -0.15) is 4.31 Å². The molecule has 6 heteroatoms. The van der Waals surface area contributed by atoms with Crippen LogP contribution in [0.2, 0.25) is 0 Å². The number of benzene rings is 1. The van der Waals surface area contributed by atoms with Gasteiger partial charge in [-0.05, 0) is 38.0 Å². The molecule has 0 aliphatic carbocycles. The van der Waals surface area contributed by atoms with E-state index in [1.165, 1.54) is 16.4 Å². The summed E-state index contributed by atoms with van der Waals surface area (Å²) in [4.78, 5) is -0.339. The molecule has 0 saturated heterocycles. The van der Waals surface area contributed by atoms with Gasteiger partial charge >= 0.3 is 0 Å². The predicted octanol–water partition coefficient (Wildman–Crippen LogP) is 3.00. The largest absolute Gasteiger partial charge is 0.399 e. The summed E-state index contributed by atoms with van der Waals surface area (Å²) in [5, 5.41) is 0. The van der Waals surface area contributed by atoms with Crippen molar-refractivity contribution in [1.29, 1.82) is 0 Å². The van der Waals surface area contributed by atoms with Gasteiger partial charge < -0.3 is 5.73 Å². The Balaban J connectivity index is 3.24. The summed E-state index contributed by atoms with van der Waals surface area (Å²) in [5.41, 5.74) is 5.82. The highest BCUT2D eigenvalue weighted by Crippen LogP contribution is 2.24. The van der Waals surface area contributed by atoms with E-state index in [4.69, 9.17) is 5.73 Å². The third kappa shape index (κ3) is 3.70. The molecule has 0 aromatic heterocycles. The maximum atomic E-state index is 13.9. The van der Waals surface area contributed by atoms with Crippen LogP contribution in [0.5, 0.6) is 0 Å². The highest BCUT2D eigenvalue weighted by molar-refractivity contribution is 7.89. The Hall–Kier alpha value is -1.14. The molecular weight excluding hydrogens is 279 g/mol. The van der Waals surface area contributed by atoms with E-state index >= 15 is 0 Å². The lowest BCUT2D eigenvalue weighted by Gasteiger charge is -2.27. The van der Waals surface area contributed by atoms with Gasteiger partial charge in [-0.15, -0.1) is 0 Å². The average Bonchev–Trinajstić information content (AvgIpc) is 2.41. The third-order valence-electron chi connectivity index (χ3n) is 3.36. The molecule has 2 N–H and O–H groups in total. The van der Waals surface area contributed by atoms with Crippen LogP contribution < -0.4 is 5.73 Å². The second kappa shape index (κ2) is 7.04. The number of hydrogen-bond acceptors (Lipinski definition) is 3. The summed E-state index contributed by atoms with van der Waals surface area (Å²) in [6, 6.07) is 3.46. The topological polar surface area (TPSA) is 63.4 Å². The van der Waals surface area contributed by atoms with Crippen LogP contribution in [0.15, 0.2) is 23.1 Å². The van der Waals surface area contributed by atoms with Crippen LogP contribution in [0, 0.1) is 5.82 Å². The first-order chi connectivity index (χ1) is 9.34. The van der Waals surface area contributed by atoms with Gasteiger partial charge in [-0.3, -0.25) is 0 Å². The minimum Gasteiger partial charge on any atom is -0.399 e. The van der Waals surface area contributed by atoms with Gasteiger partial charge in [0, 0.05) is 18.3 Å². The fraction of sp³-hybridized carbons (Fsp3) is 0.571. The Kier molecular flexibility index (Phi) is 5.95. The molecule has 1 unspecified atom stereocenters. The third-order valence-corrected chi connectivity index (χ3v) is 5.38. The molecule has 0 heterocycles. The molecule has 1 aromatic rings. The van der Waals surface area contributed by atoms with Crippen molar-refractivity contribution >= 4 is 15.7 Å². The van der Waals surface area contributed by atoms with Crippen LogP contribution in [-0.2, 0) is 10.0 Å². The molecule has 0 saturated carbocycles. The molecular formula is C14H23FN2O2S. The Morgan fingerprint density at radius 1 is 1.35 bits per heavy atom. The van der Waals surface area contributed by atoms with Crippen molar-refractivity contribution in [3.8, 4) is 0 Å². The van der Waals surface area contributed by atoms with E-state index in [0.717, 1.165) is 18.9 Å². The van der Waals surface area contributed by atoms with Crippen molar-refractivity contribution in [2.75, 3.05) is 12.3 Å². The molecule has 1 rings (SSSR count). The van der Waals surface area contributed by atoms with Crippen molar-refractivity contribution in [1.82, 2.24) is 4.31 Å². The van der Waals surface area contributed by atoms with Gasteiger partial charge in [0.25, 0.3) is 0 Å². The minimum atomic E-state index is -3.86. The Labute approximate surface area is 120 Å². The Morgan fingerprint density at radius 3 is 2.55 bits per heavy atom. The standard InChI is InChI=1S/C14H23FN2O2S/c1-4-6-9-17(11(3)5-2)20(18,19)14-10-12(16)7-8-13(14)15/h7-8,10-11H,4-6,9,16H2,1-3H3. The maximum Gasteiger partial charge on any atom is 0.246 e. The molecule has 4 nitrogen and oxygen atoms in total. The lowest BCUT2D eigenvalue weighted by Crippen LogP contribution is -2.39. The number of sulfonamides is 1. The van der Waals surface area contributed by atoms with Crippen molar-refractivity contribution < 1.29 is 12.8 Å². The van der Waals surface area contributed by atoms with Crippen LogP contribution in [0.4, 0.5) is 10.1 Å². The number of rotatable bonds is 7. The molecule has 0 fully saturated rings. The number of halogens is 1. The first-order valence-corrected chi connectivity index (χ1v) is 8.35.